The lowest BCUT2D eigenvalue weighted by molar-refractivity contribution is 0.397. The van der Waals surface area contributed by atoms with Gasteiger partial charge < -0.3 is 15.3 Å². The highest BCUT2D eigenvalue weighted by atomic mass is 35.5. The summed E-state index contributed by atoms with van der Waals surface area (Å²) in [5.41, 5.74) is 0. The maximum atomic E-state index is 8.94. The summed E-state index contributed by atoms with van der Waals surface area (Å²) >= 11 is 10.7. The minimum Gasteiger partial charge on any atom is -0.506 e. The van der Waals surface area contributed by atoms with Crippen molar-refractivity contribution < 1.29 is 15.3 Å². The molecule has 0 spiro atoms. The van der Waals surface area contributed by atoms with E-state index in [9.17, 15) is 0 Å². The molecule has 0 aliphatic carbocycles. The monoisotopic (exact) mass is 194 g/mol. The van der Waals surface area contributed by atoms with Gasteiger partial charge in [0.2, 0.25) is 0 Å². The molecule has 0 heterocycles. The van der Waals surface area contributed by atoms with Gasteiger partial charge in [-0.1, -0.05) is 23.2 Å². The van der Waals surface area contributed by atoms with Gasteiger partial charge in [-0.15, -0.1) is 0 Å². The standard InChI is InChI=1S/C6H4Cl2O3/c7-2-1-3(9)4(8)6(11)5(2)10/h1,9-11H. The van der Waals surface area contributed by atoms with Crippen LogP contribution in [0.15, 0.2) is 6.07 Å². The second-order valence-corrected chi connectivity index (χ2v) is 2.67. The normalized spacial score (nSPS) is 10.0. The Kier molecular flexibility index (Phi) is 2.02. The van der Waals surface area contributed by atoms with Crippen molar-refractivity contribution in [3.63, 3.8) is 0 Å². The zero-order chi connectivity index (χ0) is 8.59. The highest BCUT2D eigenvalue weighted by Crippen LogP contribution is 2.44. The summed E-state index contributed by atoms with van der Waals surface area (Å²) in [5, 5.41) is 26.3. The Balaban J connectivity index is 3.46. The van der Waals surface area contributed by atoms with E-state index < -0.39 is 11.5 Å². The van der Waals surface area contributed by atoms with E-state index in [-0.39, 0.29) is 15.8 Å². The quantitative estimate of drug-likeness (QED) is 0.438. The topological polar surface area (TPSA) is 60.7 Å². The van der Waals surface area contributed by atoms with E-state index in [0.717, 1.165) is 6.07 Å². The Bertz CT molecular complexity index is 272. The minimum absolute atomic E-state index is 0.149. The van der Waals surface area contributed by atoms with E-state index in [1.807, 2.05) is 0 Å². The molecule has 1 rings (SSSR count). The third-order valence-corrected chi connectivity index (χ3v) is 1.81. The van der Waals surface area contributed by atoms with E-state index in [2.05, 4.69) is 0 Å². The van der Waals surface area contributed by atoms with Crippen LogP contribution in [0, 0.1) is 0 Å². The van der Waals surface area contributed by atoms with Crippen molar-refractivity contribution >= 4 is 23.2 Å². The first-order valence-electron chi connectivity index (χ1n) is 2.63. The van der Waals surface area contributed by atoms with E-state index in [4.69, 9.17) is 38.5 Å². The molecule has 0 saturated carbocycles. The van der Waals surface area contributed by atoms with Crippen molar-refractivity contribution in [1.29, 1.82) is 0 Å². The molecule has 0 unspecified atom stereocenters. The summed E-state index contributed by atoms with van der Waals surface area (Å²) in [6, 6.07) is 1.04. The highest BCUT2D eigenvalue weighted by molar-refractivity contribution is 6.36. The maximum Gasteiger partial charge on any atom is 0.181 e. The van der Waals surface area contributed by atoms with Gasteiger partial charge in [0.1, 0.15) is 10.8 Å². The van der Waals surface area contributed by atoms with Gasteiger partial charge in [-0.05, 0) is 0 Å². The summed E-state index contributed by atoms with van der Waals surface area (Å²) in [6.07, 6.45) is 0. The van der Waals surface area contributed by atoms with Crippen molar-refractivity contribution in [2.75, 3.05) is 0 Å². The first-order valence-corrected chi connectivity index (χ1v) is 3.38. The first-order chi connectivity index (χ1) is 5.04. The number of hydrogen-bond donors (Lipinski definition) is 3. The van der Waals surface area contributed by atoms with Crippen LogP contribution in [0.25, 0.3) is 0 Å². The molecule has 0 amide bonds. The summed E-state index contributed by atoms with van der Waals surface area (Å²) in [7, 11) is 0. The Morgan fingerprint density at radius 1 is 1.00 bits per heavy atom. The SMILES string of the molecule is Oc1cc(Cl)c(O)c(O)c1Cl. The molecule has 1 aromatic carbocycles. The van der Waals surface area contributed by atoms with E-state index >= 15 is 0 Å². The van der Waals surface area contributed by atoms with Gasteiger partial charge in [0.05, 0.1) is 5.02 Å². The van der Waals surface area contributed by atoms with Crippen molar-refractivity contribution in [1.82, 2.24) is 0 Å². The van der Waals surface area contributed by atoms with Crippen LogP contribution < -0.4 is 0 Å². The predicted molar refractivity (Wildman–Crippen MR) is 41.5 cm³/mol. The largest absolute Gasteiger partial charge is 0.506 e. The van der Waals surface area contributed by atoms with Gasteiger partial charge in [-0.3, -0.25) is 0 Å². The molecule has 0 aliphatic rings. The number of phenols is 3. The fraction of sp³-hybridized carbons (Fsp3) is 0. The number of halogens is 2. The van der Waals surface area contributed by atoms with Gasteiger partial charge in [0.15, 0.2) is 11.5 Å². The maximum absolute atomic E-state index is 8.94. The number of benzene rings is 1. The number of aromatic hydroxyl groups is 3. The van der Waals surface area contributed by atoms with Crippen LogP contribution in [0.3, 0.4) is 0 Å². The molecule has 1 aromatic rings. The van der Waals surface area contributed by atoms with E-state index in [0.29, 0.717) is 0 Å². The molecule has 0 fully saturated rings. The van der Waals surface area contributed by atoms with E-state index in [1.54, 1.807) is 0 Å². The molecule has 0 aliphatic heterocycles. The predicted octanol–water partition coefficient (Wildman–Crippen LogP) is 2.11. The van der Waals surface area contributed by atoms with Crippen molar-refractivity contribution in [2.24, 2.45) is 0 Å². The Morgan fingerprint density at radius 3 is 2.09 bits per heavy atom. The zero-order valence-electron chi connectivity index (χ0n) is 5.17. The molecule has 0 radical (unpaired) electrons. The van der Waals surface area contributed by atoms with Crippen molar-refractivity contribution in [3.8, 4) is 17.2 Å². The summed E-state index contributed by atoms with van der Waals surface area (Å²) < 4.78 is 0. The summed E-state index contributed by atoms with van der Waals surface area (Å²) in [5.74, 6) is -1.52. The van der Waals surface area contributed by atoms with Crippen LogP contribution in [-0.2, 0) is 0 Å². The Morgan fingerprint density at radius 2 is 1.55 bits per heavy atom. The Labute approximate surface area is 72.4 Å². The van der Waals surface area contributed by atoms with Gasteiger partial charge in [0.25, 0.3) is 0 Å². The highest BCUT2D eigenvalue weighted by Gasteiger charge is 2.13. The molecule has 3 nitrogen and oxygen atoms in total. The average Bonchev–Trinajstić information content (AvgIpc) is 1.97. The van der Waals surface area contributed by atoms with Gasteiger partial charge in [-0.2, -0.15) is 0 Å². The van der Waals surface area contributed by atoms with Crippen LogP contribution in [0.5, 0.6) is 17.2 Å². The molecule has 11 heavy (non-hydrogen) atoms. The molecule has 0 saturated heterocycles. The van der Waals surface area contributed by atoms with Crippen LogP contribution in [0.2, 0.25) is 10.0 Å². The van der Waals surface area contributed by atoms with Gasteiger partial charge >= 0.3 is 0 Å². The zero-order valence-corrected chi connectivity index (χ0v) is 6.69. The number of rotatable bonds is 0. The Hall–Kier alpha value is -0.800. The molecule has 0 bridgehead atoms. The molecule has 0 aromatic heterocycles. The lowest BCUT2D eigenvalue weighted by Crippen LogP contribution is -1.74. The van der Waals surface area contributed by atoms with E-state index in [1.165, 1.54) is 0 Å². The molecule has 60 valence electrons. The average molecular weight is 195 g/mol. The first kappa shape index (κ1) is 8.30. The third-order valence-electron chi connectivity index (χ3n) is 1.15. The fourth-order valence-corrected chi connectivity index (χ4v) is 0.927. The molecular weight excluding hydrogens is 191 g/mol. The lowest BCUT2D eigenvalue weighted by atomic mass is 10.3. The fourth-order valence-electron chi connectivity index (χ4n) is 0.590. The summed E-state index contributed by atoms with van der Waals surface area (Å²) in [6.45, 7) is 0. The van der Waals surface area contributed by atoms with Crippen molar-refractivity contribution in [2.45, 2.75) is 0 Å². The number of hydrogen-bond acceptors (Lipinski definition) is 3. The van der Waals surface area contributed by atoms with Crippen LogP contribution in [0.1, 0.15) is 0 Å². The second-order valence-electron chi connectivity index (χ2n) is 1.89. The van der Waals surface area contributed by atoms with Crippen LogP contribution in [-0.4, -0.2) is 15.3 Å². The lowest BCUT2D eigenvalue weighted by Gasteiger charge is -2.03. The molecule has 5 heteroatoms. The smallest absolute Gasteiger partial charge is 0.181 e. The molecule has 0 atom stereocenters. The third kappa shape index (κ3) is 1.29. The summed E-state index contributed by atoms with van der Waals surface area (Å²) in [4.78, 5) is 0. The number of phenolic OH excluding ortho intramolecular Hbond substituents is 3. The van der Waals surface area contributed by atoms with Crippen LogP contribution >= 0.6 is 23.2 Å². The van der Waals surface area contributed by atoms with Crippen LogP contribution in [0.4, 0.5) is 0 Å². The molecule has 3 N–H and O–H groups in total. The van der Waals surface area contributed by atoms with Gasteiger partial charge in [-0.25, -0.2) is 0 Å². The molecular formula is C6H4Cl2O3. The second kappa shape index (κ2) is 2.68. The minimum atomic E-state index is -0.614. The van der Waals surface area contributed by atoms with Crippen molar-refractivity contribution in [3.05, 3.63) is 16.1 Å². The van der Waals surface area contributed by atoms with Gasteiger partial charge in [0, 0.05) is 6.07 Å².